The van der Waals surface area contributed by atoms with E-state index in [-0.39, 0.29) is 19.7 Å². The standard InChI is InChI=1S/C6H11N2O5P/c9-6(10)7-2-3-8-14(11)12-4-1-5-13-14/h1,4,7H,2-3,5H2,(H,8,11)(H,9,10). The van der Waals surface area contributed by atoms with Crippen LogP contribution in [-0.2, 0) is 13.6 Å². The molecule has 1 aliphatic heterocycles. The van der Waals surface area contributed by atoms with Crippen molar-refractivity contribution in [3.63, 3.8) is 0 Å². The normalized spacial score (nSPS) is 25.4. The summed E-state index contributed by atoms with van der Waals surface area (Å²) in [4.78, 5) is 10.0. The highest BCUT2D eigenvalue weighted by Crippen LogP contribution is 2.45. The second kappa shape index (κ2) is 4.99. The van der Waals surface area contributed by atoms with Crippen LogP contribution in [0.4, 0.5) is 4.79 Å². The first-order chi connectivity index (χ1) is 6.62. The summed E-state index contributed by atoms with van der Waals surface area (Å²) in [6.07, 6.45) is 1.74. The molecular formula is C6H11N2O5P. The number of carbonyl (C=O) groups is 1. The Bertz CT molecular complexity index is 279. The number of carboxylic acid groups (broad SMARTS) is 1. The summed E-state index contributed by atoms with van der Waals surface area (Å²) in [5, 5.41) is 12.8. The van der Waals surface area contributed by atoms with Crippen LogP contribution >= 0.6 is 7.75 Å². The van der Waals surface area contributed by atoms with E-state index in [2.05, 4.69) is 10.4 Å². The van der Waals surface area contributed by atoms with Crippen LogP contribution in [0.15, 0.2) is 12.3 Å². The van der Waals surface area contributed by atoms with Crippen molar-refractivity contribution in [2.45, 2.75) is 0 Å². The van der Waals surface area contributed by atoms with Crippen LogP contribution < -0.4 is 10.4 Å². The highest BCUT2D eigenvalue weighted by molar-refractivity contribution is 7.51. The maximum Gasteiger partial charge on any atom is 0.458 e. The van der Waals surface area contributed by atoms with Crippen molar-refractivity contribution >= 4 is 13.8 Å². The second-order valence-electron chi connectivity index (χ2n) is 2.41. The molecule has 1 rings (SSSR count). The molecule has 0 aliphatic carbocycles. The summed E-state index contributed by atoms with van der Waals surface area (Å²) in [5.41, 5.74) is 0. The minimum absolute atomic E-state index is 0.135. The fourth-order valence-electron chi connectivity index (χ4n) is 0.779. The van der Waals surface area contributed by atoms with Crippen LogP contribution in [0.3, 0.4) is 0 Å². The average Bonchev–Trinajstić information content (AvgIpc) is 2.14. The van der Waals surface area contributed by atoms with E-state index in [9.17, 15) is 9.36 Å². The number of nitrogens with one attached hydrogen (secondary N) is 2. The topological polar surface area (TPSA) is 96.9 Å². The Morgan fingerprint density at radius 3 is 2.93 bits per heavy atom. The molecule has 0 aromatic carbocycles. The quantitative estimate of drug-likeness (QED) is 0.473. The van der Waals surface area contributed by atoms with Gasteiger partial charge in [0.1, 0.15) is 0 Å². The Balaban J connectivity index is 2.20. The molecule has 1 unspecified atom stereocenters. The van der Waals surface area contributed by atoms with Gasteiger partial charge in [-0.25, -0.2) is 14.4 Å². The third-order valence-corrected chi connectivity index (χ3v) is 2.84. The van der Waals surface area contributed by atoms with Gasteiger partial charge in [0.15, 0.2) is 0 Å². The zero-order valence-electron chi connectivity index (χ0n) is 7.30. The third-order valence-electron chi connectivity index (χ3n) is 1.34. The maximum atomic E-state index is 11.5. The van der Waals surface area contributed by atoms with Crippen molar-refractivity contribution in [3.8, 4) is 0 Å². The SMILES string of the molecule is O=C(O)NCCNP1(=O)OC=CCO1. The molecule has 0 saturated heterocycles. The lowest BCUT2D eigenvalue weighted by molar-refractivity contribution is 0.194. The van der Waals surface area contributed by atoms with Gasteiger partial charge in [-0.1, -0.05) is 0 Å². The Hall–Kier alpha value is -1.04. The smallest absolute Gasteiger partial charge is 0.458 e. The van der Waals surface area contributed by atoms with Crippen LogP contribution in [0.5, 0.6) is 0 Å². The van der Waals surface area contributed by atoms with Crippen molar-refractivity contribution in [1.29, 1.82) is 0 Å². The van der Waals surface area contributed by atoms with Gasteiger partial charge in [-0.15, -0.1) is 0 Å². The molecule has 80 valence electrons. The predicted molar refractivity (Wildman–Crippen MR) is 47.8 cm³/mol. The monoisotopic (exact) mass is 222 g/mol. The van der Waals surface area contributed by atoms with Crippen molar-refractivity contribution in [2.75, 3.05) is 19.7 Å². The van der Waals surface area contributed by atoms with E-state index in [0.717, 1.165) is 0 Å². The highest BCUT2D eigenvalue weighted by Gasteiger charge is 2.25. The van der Waals surface area contributed by atoms with Crippen molar-refractivity contribution in [1.82, 2.24) is 10.4 Å². The fraction of sp³-hybridized carbons (Fsp3) is 0.500. The van der Waals surface area contributed by atoms with Crippen LogP contribution in [0.1, 0.15) is 0 Å². The molecule has 0 fully saturated rings. The lowest BCUT2D eigenvalue weighted by Crippen LogP contribution is -2.30. The zero-order chi connectivity index (χ0) is 10.4. The van der Waals surface area contributed by atoms with E-state index in [1.807, 2.05) is 0 Å². The number of amides is 1. The molecular weight excluding hydrogens is 211 g/mol. The molecule has 3 N–H and O–H groups in total. The summed E-state index contributed by atoms with van der Waals surface area (Å²) in [5.74, 6) is 0. The van der Waals surface area contributed by atoms with Crippen LogP contribution in [0.2, 0.25) is 0 Å². The Labute approximate surface area is 80.7 Å². The summed E-state index contributed by atoms with van der Waals surface area (Å²) in [6, 6.07) is 0. The van der Waals surface area contributed by atoms with Gasteiger partial charge in [0.25, 0.3) is 0 Å². The Kier molecular flexibility index (Phi) is 3.94. The minimum atomic E-state index is -3.24. The molecule has 14 heavy (non-hydrogen) atoms. The van der Waals surface area contributed by atoms with E-state index in [0.29, 0.717) is 0 Å². The third kappa shape index (κ3) is 3.78. The molecule has 7 nitrogen and oxygen atoms in total. The van der Waals surface area contributed by atoms with Gasteiger partial charge in [0, 0.05) is 13.1 Å². The average molecular weight is 222 g/mol. The Morgan fingerprint density at radius 2 is 2.36 bits per heavy atom. The van der Waals surface area contributed by atoms with Gasteiger partial charge < -0.3 is 14.9 Å². The first-order valence-electron chi connectivity index (χ1n) is 3.92. The fourth-order valence-corrected chi connectivity index (χ4v) is 1.92. The molecule has 1 heterocycles. The van der Waals surface area contributed by atoms with Gasteiger partial charge >= 0.3 is 13.8 Å². The number of hydrogen-bond acceptors (Lipinski definition) is 4. The van der Waals surface area contributed by atoms with Gasteiger partial charge in [-0.2, -0.15) is 0 Å². The van der Waals surface area contributed by atoms with E-state index in [1.165, 1.54) is 6.26 Å². The lowest BCUT2D eigenvalue weighted by Gasteiger charge is -2.19. The van der Waals surface area contributed by atoms with Crippen LogP contribution in [0.25, 0.3) is 0 Å². The largest absolute Gasteiger partial charge is 0.465 e. The van der Waals surface area contributed by atoms with Crippen molar-refractivity contribution < 1.29 is 23.5 Å². The molecule has 8 heteroatoms. The highest BCUT2D eigenvalue weighted by atomic mass is 31.2. The maximum absolute atomic E-state index is 11.5. The summed E-state index contributed by atoms with van der Waals surface area (Å²) >= 11 is 0. The first-order valence-corrected chi connectivity index (χ1v) is 5.46. The molecule has 0 bridgehead atoms. The number of hydrogen-bond donors (Lipinski definition) is 3. The van der Waals surface area contributed by atoms with E-state index >= 15 is 0 Å². The van der Waals surface area contributed by atoms with E-state index in [1.54, 1.807) is 6.08 Å². The molecule has 1 amide bonds. The van der Waals surface area contributed by atoms with E-state index in [4.69, 9.17) is 14.2 Å². The molecule has 1 atom stereocenters. The predicted octanol–water partition coefficient (Wildman–Crippen LogP) is 0.512. The van der Waals surface area contributed by atoms with Crippen LogP contribution in [-0.4, -0.2) is 30.9 Å². The lowest BCUT2D eigenvalue weighted by atomic mass is 10.7. The van der Waals surface area contributed by atoms with Gasteiger partial charge in [-0.3, -0.25) is 4.52 Å². The molecule has 0 aromatic rings. The van der Waals surface area contributed by atoms with Gasteiger partial charge in [-0.05, 0) is 6.08 Å². The van der Waals surface area contributed by atoms with Gasteiger partial charge in [0.05, 0.1) is 12.9 Å². The molecule has 0 aromatic heterocycles. The minimum Gasteiger partial charge on any atom is -0.465 e. The Morgan fingerprint density at radius 1 is 1.57 bits per heavy atom. The molecule has 0 radical (unpaired) electrons. The van der Waals surface area contributed by atoms with E-state index < -0.39 is 13.8 Å². The van der Waals surface area contributed by atoms with Gasteiger partial charge in [0.2, 0.25) is 0 Å². The molecule has 0 saturated carbocycles. The summed E-state index contributed by atoms with van der Waals surface area (Å²) in [7, 11) is -3.24. The van der Waals surface area contributed by atoms with Crippen molar-refractivity contribution in [3.05, 3.63) is 12.3 Å². The summed E-state index contributed by atoms with van der Waals surface area (Å²) < 4.78 is 21.1. The number of rotatable bonds is 4. The zero-order valence-corrected chi connectivity index (χ0v) is 8.20. The summed E-state index contributed by atoms with van der Waals surface area (Å²) in [6.45, 7) is 0.532. The first kappa shape index (κ1) is 11.0. The van der Waals surface area contributed by atoms with Crippen molar-refractivity contribution in [2.24, 2.45) is 0 Å². The second-order valence-corrected chi connectivity index (χ2v) is 4.19. The van der Waals surface area contributed by atoms with Crippen LogP contribution in [0, 0.1) is 0 Å². The molecule has 0 spiro atoms. The molecule has 1 aliphatic rings.